The molecular formula is C14H11F2N3O. The van der Waals surface area contributed by atoms with Crippen LogP contribution < -0.4 is 11.3 Å². The van der Waals surface area contributed by atoms with Crippen LogP contribution in [0.25, 0.3) is 11.0 Å². The lowest BCUT2D eigenvalue weighted by molar-refractivity contribution is 0.454. The van der Waals surface area contributed by atoms with Crippen LogP contribution >= 0.6 is 0 Å². The lowest BCUT2D eigenvalue weighted by Crippen LogP contribution is -2.29. The quantitative estimate of drug-likeness (QED) is 0.569. The van der Waals surface area contributed by atoms with Gasteiger partial charge in [0.15, 0.2) is 0 Å². The van der Waals surface area contributed by atoms with Crippen molar-refractivity contribution in [3.8, 4) is 0 Å². The molecule has 0 bridgehead atoms. The fraction of sp³-hybridized carbons (Fsp3) is 0.0714. The molecule has 102 valence electrons. The zero-order chi connectivity index (χ0) is 14.1. The number of rotatable bonds is 3. The number of aromatic nitrogens is 1. The van der Waals surface area contributed by atoms with Gasteiger partial charge >= 0.3 is 0 Å². The summed E-state index contributed by atoms with van der Waals surface area (Å²) in [6, 6.07) is 7.78. The van der Waals surface area contributed by atoms with Crippen LogP contribution in [0.3, 0.4) is 0 Å². The highest BCUT2D eigenvalue weighted by molar-refractivity contribution is 5.78. The fourth-order valence-corrected chi connectivity index (χ4v) is 2.08. The average molecular weight is 275 g/mol. The Labute approximate surface area is 113 Å². The Balaban J connectivity index is 2.10. The van der Waals surface area contributed by atoms with E-state index < -0.39 is 11.9 Å². The second-order valence-electron chi connectivity index (χ2n) is 4.30. The van der Waals surface area contributed by atoms with Gasteiger partial charge in [-0.1, -0.05) is 0 Å². The maximum atomic E-state index is 13.8. The zero-order valence-electron chi connectivity index (χ0n) is 10.3. The topological polar surface area (TPSA) is 64.1 Å². The molecule has 20 heavy (non-hydrogen) atoms. The number of hydrazine groups is 1. The first-order valence-electron chi connectivity index (χ1n) is 5.94. The summed E-state index contributed by atoms with van der Waals surface area (Å²) in [6.07, 6.45) is 1.46. The highest BCUT2D eigenvalue weighted by Gasteiger charge is 2.21. The Morgan fingerprint density at radius 1 is 1.20 bits per heavy atom. The van der Waals surface area contributed by atoms with Crippen molar-refractivity contribution in [3.63, 3.8) is 0 Å². The lowest BCUT2D eigenvalue weighted by atomic mass is 10.1. The molecule has 3 aromatic rings. The monoisotopic (exact) mass is 275 g/mol. The van der Waals surface area contributed by atoms with E-state index in [-0.39, 0.29) is 11.5 Å². The third-order valence-electron chi connectivity index (χ3n) is 3.01. The number of furan rings is 1. The van der Waals surface area contributed by atoms with Crippen LogP contribution in [0.15, 0.2) is 47.0 Å². The molecule has 1 atom stereocenters. The van der Waals surface area contributed by atoms with Crippen LogP contribution in [0.4, 0.5) is 8.78 Å². The first-order valence-corrected chi connectivity index (χ1v) is 5.94. The minimum atomic E-state index is -0.744. The molecule has 0 saturated carbocycles. The van der Waals surface area contributed by atoms with Crippen LogP contribution in [-0.4, -0.2) is 4.98 Å². The van der Waals surface area contributed by atoms with Gasteiger partial charge in [0.25, 0.3) is 0 Å². The summed E-state index contributed by atoms with van der Waals surface area (Å²) < 4.78 is 32.5. The summed E-state index contributed by atoms with van der Waals surface area (Å²) in [5, 5.41) is 0.580. The van der Waals surface area contributed by atoms with Crippen LogP contribution in [0.5, 0.6) is 0 Å². The predicted octanol–water partition coefficient (Wildman–Crippen LogP) is 2.66. The highest BCUT2D eigenvalue weighted by Crippen LogP contribution is 2.28. The highest BCUT2D eigenvalue weighted by atomic mass is 19.1. The number of fused-ring (bicyclic) bond motifs is 1. The summed E-state index contributed by atoms with van der Waals surface area (Å²) in [6.45, 7) is 0. The van der Waals surface area contributed by atoms with Crippen molar-refractivity contribution in [2.45, 2.75) is 6.04 Å². The van der Waals surface area contributed by atoms with E-state index >= 15 is 0 Å². The van der Waals surface area contributed by atoms with Crippen molar-refractivity contribution >= 4 is 11.0 Å². The molecule has 0 aliphatic carbocycles. The largest absolute Gasteiger partial charge is 0.459 e. The van der Waals surface area contributed by atoms with Crippen LogP contribution in [0.1, 0.15) is 17.5 Å². The Morgan fingerprint density at radius 2 is 2.05 bits per heavy atom. The fourth-order valence-electron chi connectivity index (χ4n) is 2.08. The molecule has 3 N–H and O–H groups in total. The minimum absolute atomic E-state index is 0.120. The van der Waals surface area contributed by atoms with E-state index in [1.807, 2.05) is 0 Å². The number of nitrogens with one attached hydrogen (secondary N) is 1. The second kappa shape index (κ2) is 4.99. The van der Waals surface area contributed by atoms with Crippen LogP contribution in [-0.2, 0) is 0 Å². The molecule has 0 amide bonds. The molecule has 0 radical (unpaired) electrons. The van der Waals surface area contributed by atoms with Gasteiger partial charge in [0.05, 0.1) is 0 Å². The summed E-state index contributed by atoms with van der Waals surface area (Å²) >= 11 is 0. The minimum Gasteiger partial charge on any atom is -0.459 e. The van der Waals surface area contributed by atoms with Gasteiger partial charge in [0, 0.05) is 11.6 Å². The maximum Gasteiger partial charge on any atom is 0.146 e. The SMILES string of the molecule is NNC(c1cc2cc(F)ccc2o1)c1ncccc1F. The summed E-state index contributed by atoms with van der Waals surface area (Å²) in [4.78, 5) is 3.96. The van der Waals surface area contributed by atoms with E-state index in [0.29, 0.717) is 16.7 Å². The Kier molecular flexibility index (Phi) is 3.17. The van der Waals surface area contributed by atoms with E-state index in [1.54, 1.807) is 6.07 Å². The zero-order valence-corrected chi connectivity index (χ0v) is 10.3. The molecular weight excluding hydrogens is 264 g/mol. The summed E-state index contributed by atoms with van der Waals surface area (Å²) in [7, 11) is 0. The number of benzene rings is 1. The van der Waals surface area contributed by atoms with Crippen molar-refractivity contribution in [1.82, 2.24) is 10.4 Å². The van der Waals surface area contributed by atoms with Gasteiger partial charge in [0.2, 0.25) is 0 Å². The molecule has 0 aliphatic heterocycles. The number of hydrogen-bond acceptors (Lipinski definition) is 4. The lowest BCUT2D eigenvalue weighted by Gasteiger charge is -2.12. The van der Waals surface area contributed by atoms with E-state index in [4.69, 9.17) is 10.3 Å². The molecule has 1 aromatic carbocycles. The molecule has 0 fully saturated rings. The van der Waals surface area contributed by atoms with Crippen molar-refractivity contribution in [2.24, 2.45) is 5.84 Å². The van der Waals surface area contributed by atoms with Gasteiger partial charge in [-0.05, 0) is 36.4 Å². The molecule has 2 aromatic heterocycles. The predicted molar refractivity (Wildman–Crippen MR) is 69.5 cm³/mol. The molecule has 2 heterocycles. The smallest absolute Gasteiger partial charge is 0.146 e. The van der Waals surface area contributed by atoms with Gasteiger partial charge in [-0.3, -0.25) is 10.8 Å². The molecule has 0 aliphatic rings. The van der Waals surface area contributed by atoms with Gasteiger partial charge < -0.3 is 4.42 Å². The number of hydrogen-bond donors (Lipinski definition) is 2. The third-order valence-corrected chi connectivity index (χ3v) is 3.01. The van der Waals surface area contributed by atoms with E-state index in [2.05, 4.69) is 10.4 Å². The van der Waals surface area contributed by atoms with Crippen molar-refractivity contribution in [1.29, 1.82) is 0 Å². The standard InChI is InChI=1S/C14H11F2N3O/c15-9-3-4-11-8(6-9)7-12(20-11)14(19-17)13-10(16)2-1-5-18-13/h1-7,14,19H,17H2. The van der Waals surface area contributed by atoms with Gasteiger partial charge in [-0.25, -0.2) is 14.2 Å². The first kappa shape index (κ1) is 12.7. The molecule has 1 unspecified atom stereocenters. The van der Waals surface area contributed by atoms with Crippen molar-refractivity contribution in [3.05, 3.63) is 65.7 Å². The third kappa shape index (κ3) is 2.15. The summed E-state index contributed by atoms with van der Waals surface area (Å²) in [5.41, 5.74) is 3.08. The second-order valence-corrected chi connectivity index (χ2v) is 4.30. The van der Waals surface area contributed by atoms with Gasteiger partial charge in [0.1, 0.15) is 34.7 Å². The maximum absolute atomic E-state index is 13.8. The molecule has 3 rings (SSSR count). The van der Waals surface area contributed by atoms with Crippen molar-refractivity contribution < 1.29 is 13.2 Å². The van der Waals surface area contributed by atoms with E-state index in [9.17, 15) is 8.78 Å². The average Bonchev–Trinajstić information content (AvgIpc) is 2.84. The Morgan fingerprint density at radius 3 is 2.80 bits per heavy atom. The molecule has 0 saturated heterocycles. The van der Waals surface area contributed by atoms with E-state index in [1.165, 1.54) is 36.5 Å². The van der Waals surface area contributed by atoms with E-state index in [0.717, 1.165) is 0 Å². The number of halogens is 2. The molecule has 0 spiro atoms. The van der Waals surface area contributed by atoms with Gasteiger partial charge in [-0.15, -0.1) is 0 Å². The number of pyridine rings is 1. The number of nitrogens with two attached hydrogens (primary N) is 1. The normalized spacial score (nSPS) is 12.8. The van der Waals surface area contributed by atoms with Gasteiger partial charge in [-0.2, -0.15) is 0 Å². The molecule has 4 nitrogen and oxygen atoms in total. The summed E-state index contributed by atoms with van der Waals surface area (Å²) in [5.74, 6) is 4.97. The Bertz CT molecular complexity index is 757. The van der Waals surface area contributed by atoms with Crippen molar-refractivity contribution in [2.75, 3.05) is 0 Å². The first-order chi connectivity index (χ1) is 9.69. The number of nitrogens with zero attached hydrogens (tertiary/aromatic N) is 1. The van der Waals surface area contributed by atoms with Crippen LogP contribution in [0.2, 0.25) is 0 Å². The molecule has 6 heteroatoms. The Hall–Kier alpha value is -2.31. The van der Waals surface area contributed by atoms with Crippen LogP contribution in [0, 0.1) is 11.6 Å².